The summed E-state index contributed by atoms with van der Waals surface area (Å²) >= 11 is 5.80. The van der Waals surface area contributed by atoms with E-state index in [1.807, 2.05) is 0 Å². The molecule has 0 aromatic heterocycles. The quantitative estimate of drug-likeness (QED) is 0.718. The summed E-state index contributed by atoms with van der Waals surface area (Å²) < 4.78 is 12.9. The Balaban J connectivity index is 3.08. The molecule has 0 bridgehead atoms. The van der Waals surface area contributed by atoms with Crippen LogP contribution < -0.4 is 11.5 Å². The van der Waals surface area contributed by atoms with Crippen LogP contribution in [0.5, 0.6) is 0 Å². The summed E-state index contributed by atoms with van der Waals surface area (Å²) in [6.45, 7) is 0.391. The predicted molar refractivity (Wildman–Crippen MR) is 53.9 cm³/mol. The molecule has 0 aliphatic carbocycles. The SMILES string of the molecule is NCC=Cc1cc(F)c(N)cc1Cl. The number of nitrogen functional groups attached to an aromatic ring is 1. The number of nitrogens with two attached hydrogens (primary N) is 2. The Hall–Kier alpha value is -1.06. The lowest BCUT2D eigenvalue weighted by molar-refractivity contribution is 0.632. The van der Waals surface area contributed by atoms with Gasteiger partial charge >= 0.3 is 0 Å². The Kier molecular flexibility index (Phi) is 3.28. The van der Waals surface area contributed by atoms with Crippen molar-refractivity contribution in [2.45, 2.75) is 0 Å². The van der Waals surface area contributed by atoms with Gasteiger partial charge in [0.15, 0.2) is 0 Å². The second-order valence-electron chi connectivity index (χ2n) is 2.53. The maximum Gasteiger partial charge on any atom is 0.146 e. The Morgan fingerprint density at radius 3 is 2.77 bits per heavy atom. The van der Waals surface area contributed by atoms with E-state index < -0.39 is 5.82 Å². The van der Waals surface area contributed by atoms with Gasteiger partial charge in [0.05, 0.1) is 10.7 Å². The molecule has 0 spiro atoms. The third kappa shape index (κ3) is 2.44. The minimum atomic E-state index is -0.471. The van der Waals surface area contributed by atoms with Crippen LogP contribution in [0.1, 0.15) is 5.56 Å². The van der Waals surface area contributed by atoms with Crippen molar-refractivity contribution in [2.24, 2.45) is 5.73 Å². The van der Waals surface area contributed by atoms with Crippen LogP contribution in [0.2, 0.25) is 5.02 Å². The molecule has 0 amide bonds. The molecule has 0 fully saturated rings. The van der Waals surface area contributed by atoms with Crippen molar-refractivity contribution in [3.63, 3.8) is 0 Å². The highest BCUT2D eigenvalue weighted by atomic mass is 35.5. The highest BCUT2D eigenvalue weighted by Crippen LogP contribution is 2.23. The summed E-state index contributed by atoms with van der Waals surface area (Å²) in [6, 6.07) is 2.66. The highest BCUT2D eigenvalue weighted by molar-refractivity contribution is 6.32. The first-order valence-electron chi connectivity index (χ1n) is 3.76. The molecular weight excluding hydrogens is 191 g/mol. The van der Waals surface area contributed by atoms with E-state index in [-0.39, 0.29) is 5.69 Å². The van der Waals surface area contributed by atoms with Crippen LogP contribution in [0.15, 0.2) is 18.2 Å². The number of halogens is 2. The van der Waals surface area contributed by atoms with Crippen molar-refractivity contribution in [3.05, 3.63) is 34.6 Å². The molecule has 4 heteroatoms. The number of hydrogen-bond acceptors (Lipinski definition) is 2. The fraction of sp³-hybridized carbons (Fsp3) is 0.111. The van der Waals surface area contributed by atoms with Gasteiger partial charge in [0.25, 0.3) is 0 Å². The number of benzene rings is 1. The van der Waals surface area contributed by atoms with Gasteiger partial charge in [0, 0.05) is 6.54 Å². The zero-order valence-electron chi connectivity index (χ0n) is 6.93. The first-order chi connectivity index (χ1) is 6.15. The van der Waals surface area contributed by atoms with Crippen LogP contribution in [-0.2, 0) is 0 Å². The number of hydrogen-bond donors (Lipinski definition) is 2. The van der Waals surface area contributed by atoms with Crippen LogP contribution in [-0.4, -0.2) is 6.54 Å². The van der Waals surface area contributed by atoms with Gasteiger partial charge in [0.1, 0.15) is 5.82 Å². The van der Waals surface area contributed by atoms with E-state index in [2.05, 4.69) is 0 Å². The van der Waals surface area contributed by atoms with E-state index in [4.69, 9.17) is 23.1 Å². The van der Waals surface area contributed by atoms with E-state index in [9.17, 15) is 4.39 Å². The maximum atomic E-state index is 12.9. The molecule has 1 aromatic carbocycles. The lowest BCUT2D eigenvalue weighted by atomic mass is 10.2. The first-order valence-corrected chi connectivity index (χ1v) is 4.14. The Morgan fingerprint density at radius 2 is 2.15 bits per heavy atom. The third-order valence-corrected chi connectivity index (χ3v) is 1.88. The standard InChI is InChI=1S/C9H10ClFN2/c10-7-5-9(13)8(11)4-6(7)2-1-3-12/h1-2,4-5H,3,12-13H2. The molecule has 0 saturated carbocycles. The average Bonchev–Trinajstić information content (AvgIpc) is 2.09. The topological polar surface area (TPSA) is 52.0 Å². The van der Waals surface area contributed by atoms with Gasteiger partial charge in [-0.1, -0.05) is 23.8 Å². The van der Waals surface area contributed by atoms with Crippen LogP contribution in [0.25, 0.3) is 6.08 Å². The zero-order valence-corrected chi connectivity index (χ0v) is 7.68. The molecule has 0 aliphatic heterocycles. The summed E-state index contributed by atoms with van der Waals surface area (Å²) in [5, 5.41) is 0.420. The van der Waals surface area contributed by atoms with Gasteiger partial charge in [-0.3, -0.25) is 0 Å². The second kappa shape index (κ2) is 4.25. The lowest BCUT2D eigenvalue weighted by Gasteiger charge is -2.01. The highest BCUT2D eigenvalue weighted by Gasteiger charge is 2.02. The largest absolute Gasteiger partial charge is 0.396 e. The van der Waals surface area contributed by atoms with Crippen molar-refractivity contribution in [1.29, 1.82) is 0 Å². The summed E-state index contributed by atoms with van der Waals surface area (Å²) in [7, 11) is 0. The van der Waals surface area contributed by atoms with Crippen LogP contribution in [0.4, 0.5) is 10.1 Å². The van der Waals surface area contributed by atoms with E-state index in [1.54, 1.807) is 12.2 Å². The van der Waals surface area contributed by atoms with E-state index in [1.165, 1.54) is 12.1 Å². The summed E-state index contributed by atoms with van der Waals surface area (Å²) in [6.07, 6.45) is 3.35. The Labute approximate surface area is 81.0 Å². The summed E-state index contributed by atoms with van der Waals surface area (Å²) in [5.74, 6) is -0.471. The molecule has 1 aromatic rings. The van der Waals surface area contributed by atoms with Crippen molar-refractivity contribution in [3.8, 4) is 0 Å². The predicted octanol–water partition coefficient (Wildman–Crippen LogP) is 2.03. The zero-order chi connectivity index (χ0) is 9.84. The third-order valence-electron chi connectivity index (χ3n) is 1.55. The van der Waals surface area contributed by atoms with Crippen LogP contribution in [0, 0.1) is 5.82 Å². The van der Waals surface area contributed by atoms with Crippen LogP contribution >= 0.6 is 11.6 Å². The average molecular weight is 201 g/mol. The van der Waals surface area contributed by atoms with E-state index in [0.29, 0.717) is 17.1 Å². The van der Waals surface area contributed by atoms with E-state index in [0.717, 1.165) is 0 Å². The van der Waals surface area contributed by atoms with Gasteiger partial charge in [-0.25, -0.2) is 4.39 Å². The van der Waals surface area contributed by atoms with Crippen molar-refractivity contribution in [2.75, 3.05) is 12.3 Å². The molecule has 0 heterocycles. The van der Waals surface area contributed by atoms with Gasteiger partial charge in [-0.15, -0.1) is 0 Å². The molecule has 0 radical (unpaired) electrons. The Morgan fingerprint density at radius 1 is 1.46 bits per heavy atom. The lowest BCUT2D eigenvalue weighted by Crippen LogP contribution is -1.94. The fourth-order valence-electron chi connectivity index (χ4n) is 0.900. The minimum Gasteiger partial charge on any atom is -0.396 e. The van der Waals surface area contributed by atoms with E-state index >= 15 is 0 Å². The summed E-state index contributed by atoms with van der Waals surface area (Å²) in [4.78, 5) is 0. The normalized spacial score (nSPS) is 11.0. The first kappa shape index (κ1) is 10.0. The summed E-state index contributed by atoms with van der Waals surface area (Å²) in [5.41, 5.74) is 11.2. The van der Waals surface area contributed by atoms with Crippen molar-refractivity contribution in [1.82, 2.24) is 0 Å². The minimum absolute atomic E-state index is 0.0508. The maximum absolute atomic E-state index is 12.9. The molecule has 0 saturated heterocycles. The second-order valence-corrected chi connectivity index (χ2v) is 2.94. The molecule has 0 atom stereocenters. The number of anilines is 1. The van der Waals surface area contributed by atoms with Gasteiger partial charge in [-0.2, -0.15) is 0 Å². The number of rotatable bonds is 2. The van der Waals surface area contributed by atoms with Gasteiger partial charge < -0.3 is 11.5 Å². The monoisotopic (exact) mass is 200 g/mol. The fourth-order valence-corrected chi connectivity index (χ4v) is 1.14. The molecule has 4 N–H and O–H groups in total. The van der Waals surface area contributed by atoms with Gasteiger partial charge in [-0.05, 0) is 17.7 Å². The molecule has 2 nitrogen and oxygen atoms in total. The molecule has 70 valence electrons. The van der Waals surface area contributed by atoms with Gasteiger partial charge in [0.2, 0.25) is 0 Å². The van der Waals surface area contributed by atoms with Crippen LogP contribution in [0.3, 0.4) is 0 Å². The van der Waals surface area contributed by atoms with Crippen molar-refractivity contribution >= 4 is 23.4 Å². The molecule has 13 heavy (non-hydrogen) atoms. The smallest absolute Gasteiger partial charge is 0.146 e. The molecule has 0 unspecified atom stereocenters. The molecule has 1 rings (SSSR count). The molecule has 0 aliphatic rings. The van der Waals surface area contributed by atoms with Crippen molar-refractivity contribution < 1.29 is 4.39 Å². The molecular formula is C9H10ClFN2. The Bertz CT molecular complexity index is 337.